The van der Waals surface area contributed by atoms with Crippen molar-refractivity contribution in [2.75, 3.05) is 5.32 Å². The molecule has 1 aromatic heterocycles. The number of nitrogens with zero attached hydrogens (tertiary/aromatic N) is 2. The van der Waals surface area contributed by atoms with E-state index in [2.05, 4.69) is 15.5 Å². The lowest BCUT2D eigenvalue weighted by molar-refractivity contribution is -0.109. The Morgan fingerprint density at radius 1 is 1.28 bits per heavy atom. The normalized spacial score (nSPS) is 18.1. The molecule has 0 saturated heterocycles. The molecule has 1 aliphatic rings. The zero-order valence-electron chi connectivity index (χ0n) is 9.75. The first-order valence-electron chi connectivity index (χ1n) is 5.61. The van der Waals surface area contributed by atoms with Gasteiger partial charge < -0.3 is 9.84 Å². The van der Waals surface area contributed by atoms with Gasteiger partial charge in [-0.2, -0.15) is 0 Å². The van der Waals surface area contributed by atoms with Crippen molar-refractivity contribution in [1.29, 1.82) is 0 Å². The maximum atomic E-state index is 11.5. The van der Waals surface area contributed by atoms with Crippen molar-refractivity contribution in [2.45, 2.75) is 13.0 Å². The molecule has 2 aromatic rings. The maximum absolute atomic E-state index is 11.5. The van der Waals surface area contributed by atoms with Crippen molar-refractivity contribution in [3.05, 3.63) is 47.3 Å². The molecule has 0 fully saturated rings. The molecular weight excluding hydrogens is 230 g/mol. The van der Waals surface area contributed by atoms with Crippen LogP contribution in [-0.4, -0.2) is 17.3 Å². The predicted molar refractivity (Wildman–Crippen MR) is 66.6 cm³/mol. The van der Waals surface area contributed by atoms with Crippen LogP contribution in [-0.2, 0) is 4.79 Å². The minimum absolute atomic E-state index is 0.263. The number of anilines is 1. The molecule has 0 aliphatic carbocycles. The second-order valence-electron chi connectivity index (χ2n) is 4.08. The van der Waals surface area contributed by atoms with E-state index in [1.807, 2.05) is 30.3 Å². The molecule has 5 nitrogen and oxygen atoms in total. The lowest BCUT2D eigenvalue weighted by Crippen LogP contribution is -2.11. The van der Waals surface area contributed by atoms with Gasteiger partial charge in [0.2, 0.25) is 0 Å². The third-order valence-corrected chi connectivity index (χ3v) is 2.85. The summed E-state index contributed by atoms with van der Waals surface area (Å²) >= 11 is 0. The number of rotatable bonds is 1. The third kappa shape index (κ3) is 1.69. The van der Waals surface area contributed by atoms with Crippen LogP contribution in [0.1, 0.15) is 23.1 Å². The second kappa shape index (κ2) is 4.10. The van der Waals surface area contributed by atoms with Crippen molar-refractivity contribution in [2.24, 2.45) is 4.99 Å². The summed E-state index contributed by atoms with van der Waals surface area (Å²) < 4.78 is 5.13. The first kappa shape index (κ1) is 10.7. The molecule has 1 amide bonds. The fraction of sp³-hybridized carbons (Fsp3) is 0.154. The Labute approximate surface area is 104 Å². The minimum Gasteiger partial charge on any atom is -0.359 e. The quantitative estimate of drug-likeness (QED) is 0.831. The molecule has 1 aromatic carbocycles. The van der Waals surface area contributed by atoms with E-state index in [1.165, 1.54) is 6.21 Å². The van der Waals surface area contributed by atoms with Crippen molar-refractivity contribution in [1.82, 2.24) is 5.16 Å². The number of aryl methyl sites for hydroxylation is 1. The summed E-state index contributed by atoms with van der Waals surface area (Å²) in [6.45, 7) is 1.76. The molecular formula is C13H11N3O2. The van der Waals surface area contributed by atoms with Crippen molar-refractivity contribution >= 4 is 17.8 Å². The van der Waals surface area contributed by atoms with Gasteiger partial charge in [-0.05, 0) is 12.5 Å². The van der Waals surface area contributed by atoms with Gasteiger partial charge in [0, 0.05) is 0 Å². The van der Waals surface area contributed by atoms with E-state index in [-0.39, 0.29) is 11.9 Å². The lowest BCUT2D eigenvalue weighted by Gasteiger charge is -2.08. The smallest absolute Gasteiger partial charge is 0.266 e. The van der Waals surface area contributed by atoms with Gasteiger partial charge in [-0.15, -0.1) is 0 Å². The number of aliphatic imine (C=N–C) groups is 1. The summed E-state index contributed by atoms with van der Waals surface area (Å²) in [4.78, 5) is 15.8. The van der Waals surface area contributed by atoms with Crippen LogP contribution in [0.5, 0.6) is 0 Å². The molecule has 1 unspecified atom stereocenters. The van der Waals surface area contributed by atoms with E-state index in [0.717, 1.165) is 5.56 Å². The summed E-state index contributed by atoms with van der Waals surface area (Å²) in [6.07, 6.45) is 1.29. The van der Waals surface area contributed by atoms with Crippen LogP contribution in [0, 0.1) is 6.92 Å². The molecule has 1 N–H and O–H groups in total. The Kier molecular flexibility index (Phi) is 2.44. The number of benzene rings is 1. The van der Waals surface area contributed by atoms with Gasteiger partial charge >= 0.3 is 0 Å². The van der Waals surface area contributed by atoms with Crippen LogP contribution in [0.3, 0.4) is 0 Å². The molecule has 5 heteroatoms. The van der Waals surface area contributed by atoms with E-state index in [9.17, 15) is 4.79 Å². The first-order valence-corrected chi connectivity index (χ1v) is 5.61. The van der Waals surface area contributed by atoms with E-state index in [1.54, 1.807) is 6.92 Å². The van der Waals surface area contributed by atoms with Gasteiger partial charge in [-0.3, -0.25) is 9.79 Å². The van der Waals surface area contributed by atoms with Crippen LogP contribution >= 0.6 is 0 Å². The summed E-state index contributed by atoms with van der Waals surface area (Å²) in [7, 11) is 0. The number of amides is 1. The summed E-state index contributed by atoms with van der Waals surface area (Å²) in [5.41, 5.74) is 2.23. The topological polar surface area (TPSA) is 67.5 Å². The van der Waals surface area contributed by atoms with Crippen LogP contribution in [0.25, 0.3) is 0 Å². The SMILES string of the molecule is Cc1onc2c1NC(=O)C=NC2c1ccccc1. The Balaban J connectivity index is 2.15. The van der Waals surface area contributed by atoms with Crippen LogP contribution in [0.4, 0.5) is 5.69 Å². The number of hydrogen-bond donors (Lipinski definition) is 1. The fourth-order valence-corrected chi connectivity index (χ4v) is 1.98. The van der Waals surface area contributed by atoms with E-state index < -0.39 is 0 Å². The van der Waals surface area contributed by atoms with Crippen molar-refractivity contribution < 1.29 is 9.32 Å². The zero-order valence-corrected chi connectivity index (χ0v) is 9.75. The van der Waals surface area contributed by atoms with Crippen molar-refractivity contribution in [3.8, 4) is 0 Å². The second-order valence-corrected chi connectivity index (χ2v) is 4.08. The molecule has 0 radical (unpaired) electrons. The van der Waals surface area contributed by atoms with Crippen LogP contribution in [0.15, 0.2) is 39.8 Å². The Morgan fingerprint density at radius 3 is 2.83 bits per heavy atom. The van der Waals surface area contributed by atoms with E-state index in [0.29, 0.717) is 17.1 Å². The maximum Gasteiger partial charge on any atom is 0.266 e. The molecule has 90 valence electrons. The predicted octanol–water partition coefficient (Wildman–Crippen LogP) is 2.10. The summed E-state index contributed by atoms with van der Waals surface area (Å²) in [6, 6.07) is 9.38. The minimum atomic E-state index is -0.308. The first-order chi connectivity index (χ1) is 8.75. The van der Waals surface area contributed by atoms with Gasteiger partial charge in [0.15, 0.2) is 5.76 Å². The van der Waals surface area contributed by atoms with E-state index in [4.69, 9.17) is 4.52 Å². The van der Waals surface area contributed by atoms with Gasteiger partial charge in [0.1, 0.15) is 17.4 Å². The largest absolute Gasteiger partial charge is 0.359 e. The Bertz CT molecular complexity index is 616. The Hall–Kier alpha value is -2.43. The van der Waals surface area contributed by atoms with Gasteiger partial charge in [-0.25, -0.2) is 0 Å². The summed E-state index contributed by atoms with van der Waals surface area (Å²) in [5, 5.41) is 6.73. The number of carbonyl (C=O) groups is 1. The summed E-state index contributed by atoms with van der Waals surface area (Å²) in [5.74, 6) is 0.325. The number of aromatic nitrogens is 1. The Morgan fingerprint density at radius 2 is 2.06 bits per heavy atom. The molecule has 18 heavy (non-hydrogen) atoms. The highest BCUT2D eigenvalue weighted by atomic mass is 16.5. The highest BCUT2D eigenvalue weighted by molar-refractivity contribution is 6.32. The van der Waals surface area contributed by atoms with Crippen molar-refractivity contribution in [3.63, 3.8) is 0 Å². The van der Waals surface area contributed by atoms with Gasteiger partial charge in [-0.1, -0.05) is 35.5 Å². The fourth-order valence-electron chi connectivity index (χ4n) is 1.98. The van der Waals surface area contributed by atoms with Crippen LogP contribution < -0.4 is 5.32 Å². The average molecular weight is 241 g/mol. The molecule has 0 bridgehead atoms. The number of hydrogen-bond acceptors (Lipinski definition) is 4. The van der Waals surface area contributed by atoms with Gasteiger partial charge in [0.25, 0.3) is 5.91 Å². The number of fused-ring (bicyclic) bond motifs is 1. The number of nitrogens with one attached hydrogen (secondary N) is 1. The zero-order chi connectivity index (χ0) is 12.5. The highest BCUT2D eigenvalue weighted by Gasteiger charge is 2.26. The molecule has 1 aliphatic heterocycles. The third-order valence-electron chi connectivity index (χ3n) is 2.85. The molecule has 3 rings (SSSR count). The van der Waals surface area contributed by atoms with E-state index >= 15 is 0 Å². The molecule has 1 atom stereocenters. The standard InChI is InChI=1S/C13H11N3O2/c1-8-11-13(16-18-8)12(14-7-10(17)15-11)9-5-3-2-4-6-9/h2-7,12H,1H3,(H,15,17). The monoisotopic (exact) mass is 241 g/mol. The average Bonchev–Trinajstić information content (AvgIpc) is 2.65. The highest BCUT2D eigenvalue weighted by Crippen LogP contribution is 2.33. The van der Waals surface area contributed by atoms with Gasteiger partial charge in [0.05, 0.1) is 6.21 Å². The molecule has 2 heterocycles. The number of carbonyl (C=O) groups excluding carboxylic acids is 1. The lowest BCUT2D eigenvalue weighted by atomic mass is 10.0. The molecule has 0 spiro atoms. The molecule has 0 saturated carbocycles. The van der Waals surface area contributed by atoms with Crippen LogP contribution in [0.2, 0.25) is 0 Å².